The van der Waals surface area contributed by atoms with Gasteiger partial charge in [-0.1, -0.05) is 0 Å². The summed E-state index contributed by atoms with van der Waals surface area (Å²) in [6.45, 7) is 0. The molecule has 0 aromatic heterocycles. The summed E-state index contributed by atoms with van der Waals surface area (Å²) in [5, 5.41) is 3.29. The van der Waals surface area contributed by atoms with Gasteiger partial charge in [-0.2, -0.15) is 8.78 Å². The van der Waals surface area contributed by atoms with Crippen molar-refractivity contribution in [2.24, 2.45) is 0 Å². The number of nitrogens with one attached hydrogen (secondary N) is 1. The molecule has 1 unspecified atom stereocenters. The van der Waals surface area contributed by atoms with Crippen molar-refractivity contribution in [1.82, 2.24) is 5.32 Å². The molecule has 1 N–H and O–H groups in total. The summed E-state index contributed by atoms with van der Waals surface area (Å²) in [5.74, 6) is -11.1. The molecule has 110 valence electrons. The molecule has 2 saturated heterocycles. The van der Waals surface area contributed by atoms with Gasteiger partial charge in [0, 0.05) is 12.1 Å². The first-order chi connectivity index (χ1) is 9.47. The standard InChI is InChI=1S/C13H12F5NO/c14-8-9(15)11(17)13(12(18)10(8)16)20-7-3-5-1-2-6(4-7)19-5/h5-7,19H,1-4H2/t5-,6+,7?. The van der Waals surface area contributed by atoms with Crippen LogP contribution in [0.5, 0.6) is 5.75 Å². The Morgan fingerprint density at radius 3 is 1.70 bits per heavy atom. The second-order valence-electron chi connectivity index (χ2n) is 5.25. The summed E-state index contributed by atoms with van der Waals surface area (Å²) in [5.41, 5.74) is 0. The van der Waals surface area contributed by atoms with E-state index >= 15 is 0 Å². The molecule has 2 heterocycles. The lowest BCUT2D eigenvalue weighted by Gasteiger charge is -2.29. The van der Waals surface area contributed by atoms with Crippen molar-refractivity contribution in [2.75, 3.05) is 0 Å². The summed E-state index contributed by atoms with van der Waals surface area (Å²) in [6, 6.07) is 0.361. The van der Waals surface area contributed by atoms with Crippen molar-refractivity contribution < 1.29 is 26.7 Å². The molecule has 2 fully saturated rings. The number of benzene rings is 1. The second kappa shape index (κ2) is 4.87. The van der Waals surface area contributed by atoms with Crippen molar-refractivity contribution in [3.8, 4) is 5.75 Å². The average Bonchev–Trinajstić information content (AvgIpc) is 2.78. The molecule has 20 heavy (non-hydrogen) atoms. The number of hydrogen-bond acceptors (Lipinski definition) is 2. The van der Waals surface area contributed by atoms with Gasteiger partial charge in [-0.05, 0) is 25.7 Å². The number of halogens is 5. The van der Waals surface area contributed by atoms with E-state index in [1.54, 1.807) is 0 Å². The Bertz CT molecular complexity index is 509. The molecule has 0 radical (unpaired) electrons. The van der Waals surface area contributed by atoms with Crippen LogP contribution in [0.3, 0.4) is 0 Å². The first kappa shape index (κ1) is 13.6. The van der Waals surface area contributed by atoms with Crippen LogP contribution >= 0.6 is 0 Å². The zero-order valence-corrected chi connectivity index (χ0v) is 10.4. The predicted octanol–water partition coefficient (Wildman–Crippen LogP) is 3.04. The minimum absolute atomic E-state index is 0.181. The normalized spacial score (nSPS) is 28.8. The highest BCUT2D eigenvalue weighted by Crippen LogP contribution is 2.34. The minimum Gasteiger partial charge on any atom is -0.484 e. The van der Waals surface area contributed by atoms with Crippen LogP contribution in [-0.4, -0.2) is 18.2 Å². The first-order valence-electron chi connectivity index (χ1n) is 6.41. The minimum atomic E-state index is -2.17. The lowest BCUT2D eigenvalue weighted by molar-refractivity contribution is 0.122. The van der Waals surface area contributed by atoms with Gasteiger partial charge in [-0.15, -0.1) is 0 Å². The van der Waals surface area contributed by atoms with E-state index in [1.807, 2.05) is 0 Å². The van der Waals surface area contributed by atoms with E-state index in [-0.39, 0.29) is 12.1 Å². The molecule has 3 rings (SSSR count). The summed E-state index contributed by atoms with van der Waals surface area (Å²) in [6.07, 6.45) is 2.32. The molecule has 0 saturated carbocycles. The van der Waals surface area contributed by atoms with Gasteiger partial charge in [-0.3, -0.25) is 0 Å². The lowest BCUT2D eigenvalue weighted by Crippen LogP contribution is -2.42. The Morgan fingerprint density at radius 2 is 1.20 bits per heavy atom. The fourth-order valence-electron chi connectivity index (χ4n) is 2.96. The fourth-order valence-corrected chi connectivity index (χ4v) is 2.96. The Balaban J connectivity index is 1.87. The molecular formula is C13H12F5NO. The summed E-state index contributed by atoms with van der Waals surface area (Å²) >= 11 is 0. The maximum atomic E-state index is 13.5. The van der Waals surface area contributed by atoms with E-state index in [9.17, 15) is 22.0 Å². The predicted molar refractivity (Wildman–Crippen MR) is 59.8 cm³/mol. The maximum absolute atomic E-state index is 13.5. The fraction of sp³-hybridized carbons (Fsp3) is 0.538. The third-order valence-corrected chi connectivity index (χ3v) is 3.88. The van der Waals surface area contributed by atoms with Crippen molar-refractivity contribution in [3.05, 3.63) is 29.1 Å². The smallest absolute Gasteiger partial charge is 0.207 e. The van der Waals surface area contributed by atoms with Crippen molar-refractivity contribution in [1.29, 1.82) is 0 Å². The highest BCUT2D eigenvalue weighted by molar-refractivity contribution is 5.30. The zero-order valence-electron chi connectivity index (χ0n) is 10.4. The number of hydrogen-bond donors (Lipinski definition) is 1. The molecule has 2 bridgehead atoms. The van der Waals surface area contributed by atoms with Gasteiger partial charge in [0.2, 0.25) is 29.1 Å². The van der Waals surface area contributed by atoms with Crippen LogP contribution in [0.15, 0.2) is 0 Å². The van der Waals surface area contributed by atoms with E-state index in [0.29, 0.717) is 12.8 Å². The molecule has 2 aliphatic rings. The van der Waals surface area contributed by atoms with Gasteiger partial charge in [0.1, 0.15) is 6.10 Å². The van der Waals surface area contributed by atoms with E-state index < -0.39 is 40.9 Å². The number of ether oxygens (including phenoxy) is 1. The van der Waals surface area contributed by atoms with E-state index in [2.05, 4.69) is 5.32 Å². The summed E-state index contributed by atoms with van der Waals surface area (Å²) < 4.78 is 71.1. The molecule has 2 nitrogen and oxygen atoms in total. The molecule has 0 aliphatic carbocycles. The topological polar surface area (TPSA) is 21.3 Å². The highest BCUT2D eigenvalue weighted by atomic mass is 19.2. The molecule has 0 amide bonds. The third kappa shape index (κ3) is 2.13. The zero-order chi connectivity index (χ0) is 14.4. The van der Waals surface area contributed by atoms with Crippen LogP contribution in [0.4, 0.5) is 22.0 Å². The Hall–Kier alpha value is -1.37. The Kier molecular flexibility index (Phi) is 3.32. The van der Waals surface area contributed by atoms with Crippen LogP contribution in [0.2, 0.25) is 0 Å². The maximum Gasteiger partial charge on any atom is 0.207 e. The monoisotopic (exact) mass is 293 g/mol. The molecule has 1 aromatic rings. The molecule has 2 aliphatic heterocycles. The SMILES string of the molecule is Fc1c(F)c(F)c(OC2C[C@H]3CC[C@@H](C2)N3)c(F)c1F. The van der Waals surface area contributed by atoms with Crippen molar-refractivity contribution >= 4 is 0 Å². The number of piperidine rings is 1. The van der Waals surface area contributed by atoms with Gasteiger partial charge < -0.3 is 10.1 Å². The van der Waals surface area contributed by atoms with Gasteiger partial charge >= 0.3 is 0 Å². The van der Waals surface area contributed by atoms with Gasteiger partial charge in [-0.25, -0.2) is 13.2 Å². The molecule has 1 aromatic carbocycles. The number of rotatable bonds is 2. The van der Waals surface area contributed by atoms with Crippen LogP contribution in [-0.2, 0) is 0 Å². The average molecular weight is 293 g/mol. The molecule has 3 atom stereocenters. The first-order valence-corrected chi connectivity index (χ1v) is 6.41. The number of fused-ring (bicyclic) bond motifs is 2. The lowest BCUT2D eigenvalue weighted by atomic mass is 10.0. The van der Waals surface area contributed by atoms with Crippen molar-refractivity contribution in [3.63, 3.8) is 0 Å². The van der Waals surface area contributed by atoms with Gasteiger partial charge in [0.25, 0.3) is 0 Å². The van der Waals surface area contributed by atoms with E-state index in [4.69, 9.17) is 4.74 Å². The highest BCUT2D eigenvalue weighted by Gasteiger charge is 2.36. The molecule has 0 spiro atoms. The van der Waals surface area contributed by atoms with Gasteiger partial charge in [0.05, 0.1) is 0 Å². The molecular weight excluding hydrogens is 281 g/mol. The van der Waals surface area contributed by atoms with Crippen molar-refractivity contribution in [2.45, 2.75) is 43.9 Å². The third-order valence-electron chi connectivity index (χ3n) is 3.88. The van der Waals surface area contributed by atoms with E-state index in [0.717, 1.165) is 12.8 Å². The Labute approximate surface area is 111 Å². The van der Waals surface area contributed by atoms with Crippen LogP contribution in [0.1, 0.15) is 25.7 Å². The van der Waals surface area contributed by atoms with Gasteiger partial charge in [0.15, 0.2) is 5.75 Å². The second-order valence-corrected chi connectivity index (χ2v) is 5.25. The largest absolute Gasteiger partial charge is 0.484 e. The van der Waals surface area contributed by atoms with Crippen LogP contribution in [0, 0.1) is 29.1 Å². The molecule has 7 heteroatoms. The van der Waals surface area contributed by atoms with Crippen LogP contribution < -0.4 is 10.1 Å². The Morgan fingerprint density at radius 1 is 0.750 bits per heavy atom. The quantitative estimate of drug-likeness (QED) is 0.514. The van der Waals surface area contributed by atoms with E-state index in [1.165, 1.54) is 0 Å². The van der Waals surface area contributed by atoms with Crippen LogP contribution in [0.25, 0.3) is 0 Å². The summed E-state index contributed by atoms with van der Waals surface area (Å²) in [4.78, 5) is 0. The summed E-state index contributed by atoms with van der Waals surface area (Å²) in [7, 11) is 0.